The zero-order valence-electron chi connectivity index (χ0n) is 13.8. The van der Waals surface area contributed by atoms with Gasteiger partial charge >= 0.3 is 6.18 Å². The van der Waals surface area contributed by atoms with Gasteiger partial charge in [0.1, 0.15) is 12.1 Å². The van der Waals surface area contributed by atoms with Crippen LogP contribution in [0.2, 0.25) is 0 Å². The van der Waals surface area contributed by atoms with E-state index in [2.05, 4.69) is 29.1 Å². The van der Waals surface area contributed by atoms with Gasteiger partial charge in [0.05, 0.1) is 11.9 Å². The molecular formula is C16H24F3N3. The number of nitrogens with one attached hydrogen (secondary N) is 1. The first-order chi connectivity index (χ1) is 10.4. The van der Waals surface area contributed by atoms with Crippen LogP contribution in [-0.4, -0.2) is 23.2 Å². The second-order valence-corrected chi connectivity index (χ2v) is 4.32. The number of anilines is 1. The monoisotopic (exact) mass is 315 g/mol. The molecule has 0 aliphatic rings. The van der Waals surface area contributed by atoms with Gasteiger partial charge in [-0.1, -0.05) is 40.2 Å². The number of hydrogen-bond donors (Lipinski definition) is 1. The SMILES string of the molecule is CC.CCC.CNc1ncnc2cc(CC(F)(F)F)ccc12. The van der Waals surface area contributed by atoms with Crippen molar-refractivity contribution in [1.29, 1.82) is 0 Å². The molecule has 1 N–H and O–H groups in total. The van der Waals surface area contributed by atoms with Gasteiger partial charge in [0.15, 0.2) is 0 Å². The summed E-state index contributed by atoms with van der Waals surface area (Å²) in [4.78, 5) is 7.95. The fourth-order valence-electron chi connectivity index (χ4n) is 1.64. The molecule has 2 aromatic rings. The molecule has 22 heavy (non-hydrogen) atoms. The first-order valence-electron chi connectivity index (χ1n) is 7.39. The summed E-state index contributed by atoms with van der Waals surface area (Å²) < 4.78 is 36.7. The van der Waals surface area contributed by atoms with Crippen LogP contribution in [0.4, 0.5) is 19.0 Å². The quantitative estimate of drug-likeness (QED) is 0.825. The average Bonchev–Trinajstić information content (AvgIpc) is 2.47. The molecule has 0 amide bonds. The summed E-state index contributed by atoms with van der Waals surface area (Å²) in [6, 6.07) is 4.48. The van der Waals surface area contributed by atoms with E-state index in [1.807, 2.05) is 13.8 Å². The van der Waals surface area contributed by atoms with Gasteiger partial charge in [-0.05, 0) is 17.7 Å². The van der Waals surface area contributed by atoms with E-state index in [1.54, 1.807) is 13.1 Å². The number of aromatic nitrogens is 2. The topological polar surface area (TPSA) is 37.8 Å². The zero-order chi connectivity index (χ0) is 17.2. The summed E-state index contributed by atoms with van der Waals surface area (Å²) in [5.74, 6) is 0.605. The molecule has 0 saturated heterocycles. The van der Waals surface area contributed by atoms with Crippen LogP contribution in [0.5, 0.6) is 0 Å². The summed E-state index contributed by atoms with van der Waals surface area (Å²) in [6.07, 6.45) is -2.57. The predicted octanol–water partition coefficient (Wildman–Crippen LogP) is 5.22. The normalized spacial score (nSPS) is 10.2. The standard InChI is InChI=1S/C11H10F3N3.C3H8.C2H6/c1-15-10-8-3-2-7(5-11(12,13)14)4-9(8)16-6-17-10;1-3-2;1-2/h2-4,6H,5H2,1H3,(H,15,16,17);3H2,1-2H3;1-2H3. The van der Waals surface area contributed by atoms with Crippen molar-refractivity contribution >= 4 is 16.7 Å². The third-order valence-electron chi connectivity index (χ3n) is 2.34. The van der Waals surface area contributed by atoms with Crippen LogP contribution in [0.15, 0.2) is 24.5 Å². The molecular weight excluding hydrogens is 291 g/mol. The molecule has 0 saturated carbocycles. The number of nitrogens with zero attached hydrogens (tertiary/aromatic N) is 2. The summed E-state index contributed by atoms with van der Waals surface area (Å²) >= 11 is 0. The molecule has 1 aromatic carbocycles. The minimum absolute atomic E-state index is 0.200. The molecule has 2 rings (SSSR count). The summed E-state index contributed by atoms with van der Waals surface area (Å²) in [6.45, 7) is 8.25. The summed E-state index contributed by atoms with van der Waals surface area (Å²) in [7, 11) is 1.70. The molecule has 0 bridgehead atoms. The van der Waals surface area contributed by atoms with Gasteiger partial charge in [-0.2, -0.15) is 13.2 Å². The van der Waals surface area contributed by atoms with Gasteiger partial charge in [0.2, 0.25) is 0 Å². The zero-order valence-corrected chi connectivity index (χ0v) is 13.8. The molecule has 1 heterocycles. The number of benzene rings is 1. The molecule has 0 spiro atoms. The van der Waals surface area contributed by atoms with E-state index in [4.69, 9.17) is 0 Å². The van der Waals surface area contributed by atoms with Crippen molar-refractivity contribution in [3.63, 3.8) is 0 Å². The van der Waals surface area contributed by atoms with Crippen LogP contribution in [0.1, 0.15) is 39.7 Å². The summed E-state index contributed by atoms with van der Waals surface area (Å²) in [5, 5.41) is 3.57. The lowest BCUT2D eigenvalue weighted by molar-refractivity contribution is -0.127. The van der Waals surface area contributed by atoms with Crippen molar-refractivity contribution < 1.29 is 13.2 Å². The number of halogens is 3. The number of rotatable bonds is 2. The largest absolute Gasteiger partial charge is 0.393 e. The Labute approximate surface area is 130 Å². The smallest absolute Gasteiger partial charge is 0.373 e. The van der Waals surface area contributed by atoms with E-state index in [9.17, 15) is 13.2 Å². The maximum Gasteiger partial charge on any atom is 0.393 e. The highest BCUT2D eigenvalue weighted by Crippen LogP contribution is 2.25. The number of hydrogen-bond acceptors (Lipinski definition) is 3. The second kappa shape index (κ2) is 9.97. The average molecular weight is 315 g/mol. The molecule has 0 radical (unpaired) electrons. The van der Waals surface area contributed by atoms with Crippen LogP contribution in [-0.2, 0) is 6.42 Å². The first kappa shape index (κ1) is 20.1. The molecule has 3 nitrogen and oxygen atoms in total. The van der Waals surface area contributed by atoms with Gasteiger partial charge in [-0.25, -0.2) is 9.97 Å². The third kappa shape index (κ3) is 6.74. The Kier molecular flexibility index (Phi) is 9.13. The van der Waals surface area contributed by atoms with Crippen LogP contribution in [0.3, 0.4) is 0 Å². The maximum absolute atomic E-state index is 12.2. The van der Waals surface area contributed by atoms with Crippen LogP contribution >= 0.6 is 0 Å². The number of fused-ring (bicyclic) bond motifs is 1. The lowest BCUT2D eigenvalue weighted by Gasteiger charge is -2.08. The maximum atomic E-state index is 12.2. The van der Waals surface area contributed by atoms with Gasteiger partial charge in [-0.15, -0.1) is 0 Å². The summed E-state index contributed by atoms with van der Waals surface area (Å²) in [5.41, 5.74) is 0.705. The fraction of sp³-hybridized carbons (Fsp3) is 0.500. The van der Waals surface area contributed by atoms with Gasteiger partial charge < -0.3 is 5.32 Å². The van der Waals surface area contributed by atoms with Gasteiger partial charge in [-0.3, -0.25) is 0 Å². The van der Waals surface area contributed by atoms with Crippen molar-refractivity contribution in [3.8, 4) is 0 Å². The molecule has 0 fully saturated rings. The highest BCUT2D eigenvalue weighted by atomic mass is 19.4. The van der Waals surface area contributed by atoms with Crippen LogP contribution in [0, 0.1) is 0 Å². The Balaban J connectivity index is 0.000000789. The molecule has 0 atom stereocenters. The number of alkyl halides is 3. The molecule has 1 aromatic heterocycles. The highest BCUT2D eigenvalue weighted by Gasteiger charge is 2.27. The minimum Gasteiger partial charge on any atom is -0.373 e. The van der Waals surface area contributed by atoms with Crippen molar-refractivity contribution in [2.24, 2.45) is 0 Å². The predicted molar refractivity (Wildman–Crippen MR) is 86.2 cm³/mol. The molecule has 6 heteroatoms. The van der Waals surface area contributed by atoms with Crippen molar-refractivity contribution in [2.75, 3.05) is 12.4 Å². The third-order valence-corrected chi connectivity index (χ3v) is 2.34. The van der Waals surface area contributed by atoms with Crippen molar-refractivity contribution in [3.05, 3.63) is 30.1 Å². The Morgan fingerprint density at radius 2 is 1.68 bits per heavy atom. The van der Waals surface area contributed by atoms with Crippen molar-refractivity contribution in [1.82, 2.24) is 9.97 Å². The molecule has 0 aliphatic heterocycles. The van der Waals surface area contributed by atoms with E-state index in [0.29, 0.717) is 16.7 Å². The second-order valence-electron chi connectivity index (χ2n) is 4.32. The van der Waals surface area contributed by atoms with E-state index in [1.165, 1.54) is 24.9 Å². The van der Waals surface area contributed by atoms with Crippen LogP contribution in [0.25, 0.3) is 10.9 Å². The van der Waals surface area contributed by atoms with Crippen molar-refractivity contribution in [2.45, 2.75) is 46.7 Å². The lowest BCUT2D eigenvalue weighted by Crippen LogP contribution is -2.11. The fourth-order valence-corrected chi connectivity index (χ4v) is 1.64. The van der Waals surface area contributed by atoms with E-state index in [0.717, 1.165) is 0 Å². The van der Waals surface area contributed by atoms with Gasteiger partial charge in [0, 0.05) is 12.4 Å². The van der Waals surface area contributed by atoms with E-state index < -0.39 is 12.6 Å². The Hall–Kier alpha value is -1.85. The van der Waals surface area contributed by atoms with Gasteiger partial charge in [0.25, 0.3) is 0 Å². The Bertz CT molecular complexity index is 554. The molecule has 0 aliphatic carbocycles. The Morgan fingerprint density at radius 3 is 2.18 bits per heavy atom. The molecule has 0 unspecified atom stereocenters. The molecule has 124 valence electrons. The minimum atomic E-state index is -4.20. The van der Waals surface area contributed by atoms with E-state index >= 15 is 0 Å². The lowest BCUT2D eigenvalue weighted by atomic mass is 10.1. The first-order valence-corrected chi connectivity index (χ1v) is 7.39. The Morgan fingerprint density at radius 1 is 1.09 bits per heavy atom. The van der Waals surface area contributed by atoms with Crippen LogP contribution < -0.4 is 5.32 Å². The highest BCUT2D eigenvalue weighted by molar-refractivity contribution is 5.89. The van der Waals surface area contributed by atoms with E-state index in [-0.39, 0.29) is 5.56 Å².